The molecule has 1 aliphatic heterocycles. The zero-order chi connectivity index (χ0) is 13.0. The van der Waals surface area contributed by atoms with Crippen LogP contribution in [0.2, 0.25) is 0 Å². The predicted molar refractivity (Wildman–Crippen MR) is 67.5 cm³/mol. The Hall–Kier alpha value is -1.37. The molecule has 0 saturated carbocycles. The van der Waals surface area contributed by atoms with Crippen molar-refractivity contribution in [3.63, 3.8) is 0 Å². The van der Waals surface area contributed by atoms with Crippen molar-refractivity contribution < 1.29 is 14.6 Å². The first kappa shape index (κ1) is 13.1. The summed E-state index contributed by atoms with van der Waals surface area (Å²) < 4.78 is 6.30. The van der Waals surface area contributed by atoms with Gasteiger partial charge in [0.2, 0.25) is 0 Å². The van der Waals surface area contributed by atoms with E-state index in [0.29, 0.717) is 31.6 Å². The van der Waals surface area contributed by atoms with Crippen LogP contribution in [0.15, 0.2) is 16.9 Å². The summed E-state index contributed by atoms with van der Waals surface area (Å²) in [6, 6.07) is 0.360. The fourth-order valence-corrected chi connectivity index (χ4v) is 2.06. The Kier molecular flexibility index (Phi) is 4.35. The van der Waals surface area contributed by atoms with Gasteiger partial charge in [-0.15, -0.1) is 0 Å². The molecule has 1 aliphatic rings. The Labute approximate surface area is 113 Å². The minimum Gasteiger partial charge on any atom is -0.465 e. The van der Waals surface area contributed by atoms with Gasteiger partial charge in [-0.2, -0.15) is 0 Å². The van der Waals surface area contributed by atoms with E-state index in [0.717, 1.165) is 17.3 Å². The smallest absolute Gasteiger partial charge is 0.407 e. The van der Waals surface area contributed by atoms with Crippen molar-refractivity contribution in [1.82, 2.24) is 14.9 Å². The Morgan fingerprint density at radius 3 is 2.61 bits per heavy atom. The van der Waals surface area contributed by atoms with Crippen LogP contribution in [-0.4, -0.2) is 45.8 Å². The van der Waals surface area contributed by atoms with Crippen molar-refractivity contribution in [2.24, 2.45) is 5.92 Å². The van der Waals surface area contributed by atoms with Crippen molar-refractivity contribution in [2.75, 3.05) is 19.7 Å². The maximum absolute atomic E-state index is 10.7. The van der Waals surface area contributed by atoms with Crippen LogP contribution in [0.25, 0.3) is 0 Å². The van der Waals surface area contributed by atoms with E-state index in [1.54, 1.807) is 12.4 Å². The molecule has 0 aliphatic carbocycles. The lowest BCUT2D eigenvalue weighted by atomic mass is 9.98. The van der Waals surface area contributed by atoms with Crippen LogP contribution < -0.4 is 4.74 Å². The van der Waals surface area contributed by atoms with E-state index < -0.39 is 6.09 Å². The Morgan fingerprint density at radius 2 is 2.06 bits per heavy atom. The summed E-state index contributed by atoms with van der Waals surface area (Å²) in [7, 11) is 0. The lowest BCUT2D eigenvalue weighted by molar-refractivity contribution is 0.110. The number of aromatic nitrogens is 2. The minimum atomic E-state index is -0.842. The maximum Gasteiger partial charge on any atom is 0.407 e. The van der Waals surface area contributed by atoms with Crippen LogP contribution in [0, 0.1) is 5.92 Å². The molecule has 1 amide bonds. The van der Waals surface area contributed by atoms with E-state index in [2.05, 4.69) is 25.9 Å². The van der Waals surface area contributed by atoms with Gasteiger partial charge in [-0.3, -0.25) is 0 Å². The van der Waals surface area contributed by atoms with E-state index in [9.17, 15) is 4.79 Å². The second kappa shape index (κ2) is 5.99. The molecular weight excluding hydrogens is 302 g/mol. The third-order valence-corrected chi connectivity index (χ3v) is 3.34. The van der Waals surface area contributed by atoms with Crippen LogP contribution in [0.1, 0.15) is 12.8 Å². The third-order valence-electron chi connectivity index (χ3n) is 2.93. The highest BCUT2D eigenvalue weighted by atomic mass is 79.9. The normalized spacial score (nSPS) is 16.6. The summed E-state index contributed by atoms with van der Waals surface area (Å²) >= 11 is 3.25. The SMILES string of the molecule is O=C(O)N1CCC(COc2ncc(Br)cn2)CC1. The summed E-state index contributed by atoms with van der Waals surface area (Å²) in [4.78, 5) is 20.2. The third kappa shape index (κ3) is 3.56. The van der Waals surface area contributed by atoms with Crippen LogP contribution in [0.3, 0.4) is 0 Å². The number of halogens is 1. The molecule has 1 aromatic heterocycles. The molecule has 0 aromatic carbocycles. The Balaban J connectivity index is 1.75. The minimum absolute atomic E-state index is 0.360. The van der Waals surface area contributed by atoms with Crippen LogP contribution in [0.5, 0.6) is 6.01 Å². The molecule has 98 valence electrons. The van der Waals surface area contributed by atoms with Gasteiger partial charge in [-0.05, 0) is 34.7 Å². The van der Waals surface area contributed by atoms with Crippen molar-refractivity contribution in [1.29, 1.82) is 0 Å². The average molecular weight is 316 g/mol. The number of hydrogen-bond donors (Lipinski definition) is 1. The van der Waals surface area contributed by atoms with E-state index in [-0.39, 0.29) is 0 Å². The molecular formula is C11H14BrN3O3. The van der Waals surface area contributed by atoms with Crippen LogP contribution in [-0.2, 0) is 0 Å². The highest BCUT2D eigenvalue weighted by molar-refractivity contribution is 9.10. The number of ether oxygens (including phenoxy) is 1. The number of piperidine rings is 1. The molecule has 0 spiro atoms. The van der Waals surface area contributed by atoms with Crippen molar-refractivity contribution in [3.8, 4) is 6.01 Å². The number of amides is 1. The van der Waals surface area contributed by atoms with Crippen LogP contribution >= 0.6 is 15.9 Å². The number of hydrogen-bond acceptors (Lipinski definition) is 4. The van der Waals surface area contributed by atoms with E-state index in [1.807, 2.05) is 0 Å². The Morgan fingerprint density at radius 1 is 1.44 bits per heavy atom. The van der Waals surface area contributed by atoms with E-state index in [1.165, 1.54) is 4.90 Å². The summed E-state index contributed by atoms with van der Waals surface area (Å²) in [5.74, 6) is 0.368. The largest absolute Gasteiger partial charge is 0.465 e. The summed E-state index contributed by atoms with van der Waals surface area (Å²) in [6.07, 6.45) is 4.07. The first-order chi connectivity index (χ1) is 8.65. The van der Waals surface area contributed by atoms with Gasteiger partial charge in [0, 0.05) is 25.5 Å². The number of nitrogens with zero attached hydrogens (tertiary/aromatic N) is 3. The maximum atomic E-state index is 10.7. The fourth-order valence-electron chi connectivity index (χ4n) is 1.86. The second-order valence-corrected chi connectivity index (χ2v) is 5.12. The van der Waals surface area contributed by atoms with Gasteiger partial charge in [0.25, 0.3) is 0 Å². The zero-order valence-electron chi connectivity index (χ0n) is 9.75. The highest BCUT2D eigenvalue weighted by Crippen LogP contribution is 2.18. The second-order valence-electron chi connectivity index (χ2n) is 4.21. The molecule has 2 rings (SSSR count). The molecule has 1 fully saturated rings. The molecule has 18 heavy (non-hydrogen) atoms. The summed E-state index contributed by atoms with van der Waals surface area (Å²) in [6.45, 7) is 1.68. The number of carbonyl (C=O) groups is 1. The van der Waals surface area contributed by atoms with Crippen molar-refractivity contribution in [3.05, 3.63) is 16.9 Å². The van der Waals surface area contributed by atoms with Crippen molar-refractivity contribution >= 4 is 22.0 Å². The first-order valence-electron chi connectivity index (χ1n) is 5.73. The predicted octanol–water partition coefficient (Wildman–Crippen LogP) is 2.01. The van der Waals surface area contributed by atoms with Gasteiger partial charge in [0.05, 0.1) is 11.1 Å². The van der Waals surface area contributed by atoms with E-state index in [4.69, 9.17) is 9.84 Å². The molecule has 7 heteroatoms. The lowest BCUT2D eigenvalue weighted by Gasteiger charge is -2.29. The quantitative estimate of drug-likeness (QED) is 0.923. The van der Waals surface area contributed by atoms with Gasteiger partial charge >= 0.3 is 12.1 Å². The Bertz CT molecular complexity index is 404. The molecule has 0 unspecified atom stereocenters. The monoisotopic (exact) mass is 315 g/mol. The van der Waals surface area contributed by atoms with Crippen molar-refractivity contribution in [2.45, 2.75) is 12.8 Å². The molecule has 1 aromatic rings. The molecule has 6 nitrogen and oxygen atoms in total. The fraction of sp³-hybridized carbons (Fsp3) is 0.545. The van der Waals surface area contributed by atoms with Gasteiger partial charge < -0.3 is 14.7 Å². The molecule has 0 atom stereocenters. The molecule has 1 saturated heterocycles. The van der Waals surface area contributed by atoms with Gasteiger partial charge in [-0.25, -0.2) is 14.8 Å². The molecule has 2 heterocycles. The molecule has 1 N–H and O–H groups in total. The summed E-state index contributed by atoms with van der Waals surface area (Å²) in [5.41, 5.74) is 0. The summed E-state index contributed by atoms with van der Waals surface area (Å²) in [5, 5.41) is 8.83. The lowest BCUT2D eigenvalue weighted by Crippen LogP contribution is -2.38. The van der Waals surface area contributed by atoms with E-state index >= 15 is 0 Å². The zero-order valence-corrected chi connectivity index (χ0v) is 11.3. The standard InChI is InChI=1S/C11H14BrN3O3/c12-9-5-13-10(14-6-9)18-7-8-1-3-15(4-2-8)11(16)17/h5-6,8H,1-4,7H2,(H,16,17). The topological polar surface area (TPSA) is 75.5 Å². The highest BCUT2D eigenvalue weighted by Gasteiger charge is 2.22. The van der Waals surface area contributed by atoms with Gasteiger partial charge in [0.1, 0.15) is 0 Å². The van der Waals surface area contributed by atoms with Gasteiger partial charge in [-0.1, -0.05) is 0 Å². The van der Waals surface area contributed by atoms with Gasteiger partial charge in [0.15, 0.2) is 0 Å². The van der Waals surface area contributed by atoms with Crippen LogP contribution in [0.4, 0.5) is 4.79 Å². The number of carboxylic acid groups (broad SMARTS) is 1. The first-order valence-corrected chi connectivity index (χ1v) is 6.52. The molecule has 0 radical (unpaired) electrons. The molecule has 0 bridgehead atoms. The number of likely N-dealkylation sites (tertiary alicyclic amines) is 1. The number of rotatable bonds is 3. The average Bonchev–Trinajstić information content (AvgIpc) is 2.38.